The minimum atomic E-state index is 0. The fraction of sp³-hybridized carbons (Fsp3) is 0.600. The van der Waals surface area contributed by atoms with Crippen LogP contribution in [0.1, 0.15) is 12.8 Å². The van der Waals surface area contributed by atoms with Gasteiger partial charge in [0.15, 0.2) is 0 Å². The molecule has 20 heavy (non-hydrogen) atoms. The number of piperidine rings is 1. The van der Waals surface area contributed by atoms with Gasteiger partial charge in [-0.05, 0) is 57.1 Å². The van der Waals surface area contributed by atoms with Crippen LogP contribution in [0.15, 0.2) is 28.7 Å². The topological polar surface area (TPSA) is 24.5 Å². The van der Waals surface area contributed by atoms with Crippen LogP contribution >= 0.6 is 28.3 Å². The maximum atomic E-state index is 5.80. The largest absolute Gasteiger partial charge is 0.492 e. The number of hydrogen-bond donors (Lipinski definition) is 1. The van der Waals surface area contributed by atoms with E-state index in [0.717, 1.165) is 35.8 Å². The van der Waals surface area contributed by atoms with E-state index in [2.05, 4.69) is 26.1 Å². The fourth-order valence-electron chi connectivity index (χ4n) is 2.66. The molecule has 0 bridgehead atoms. The van der Waals surface area contributed by atoms with Crippen LogP contribution < -0.4 is 10.1 Å². The smallest absolute Gasteiger partial charge is 0.120 e. The van der Waals surface area contributed by atoms with Crippen LogP contribution in [-0.2, 0) is 0 Å². The Kier molecular flexibility index (Phi) is 8.53. The van der Waals surface area contributed by atoms with E-state index in [1.54, 1.807) is 0 Å². The Morgan fingerprint density at radius 2 is 2.30 bits per heavy atom. The van der Waals surface area contributed by atoms with Crippen molar-refractivity contribution in [1.82, 2.24) is 10.2 Å². The van der Waals surface area contributed by atoms with Gasteiger partial charge in [-0.15, -0.1) is 12.4 Å². The van der Waals surface area contributed by atoms with Gasteiger partial charge in [-0.2, -0.15) is 0 Å². The minimum absolute atomic E-state index is 0. The predicted molar refractivity (Wildman–Crippen MR) is 90.0 cm³/mol. The first-order valence-corrected chi connectivity index (χ1v) is 7.82. The molecule has 1 aliphatic rings. The molecule has 0 radical (unpaired) electrons. The van der Waals surface area contributed by atoms with E-state index < -0.39 is 0 Å². The summed E-state index contributed by atoms with van der Waals surface area (Å²) in [6.45, 7) is 5.32. The molecule has 1 aromatic rings. The van der Waals surface area contributed by atoms with Crippen LogP contribution in [0.25, 0.3) is 0 Å². The van der Waals surface area contributed by atoms with Crippen molar-refractivity contribution in [2.75, 3.05) is 39.8 Å². The number of halogens is 2. The van der Waals surface area contributed by atoms with Crippen molar-refractivity contribution in [2.24, 2.45) is 5.92 Å². The molecule has 1 fully saturated rings. The van der Waals surface area contributed by atoms with Crippen molar-refractivity contribution in [3.8, 4) is 5.75 Å². The third-order valence-electron chi connectivity index (χ3n) is 3.57. The van der Waals surface area contributed by atoms with Crippen LogP contribution in [0.5, 0.6) is 5.75 Å². The Balaban J connectivity index is 0.00000200. The Bertz CT molecular complexity index is 390. The highest BCUT2D eigenvalue weighted by Crippen LogP contribution is 2.18. The summed E-state index contributed by atoms with van der Waals surface area (Å²) < 4.78 is 6.86. The van der Waals surface area contributed by atoms with E-state index in [0.29, 0.717) is 0 Å². The molecule has 1 N–H and O–H groups in total. The lowest BCUT2D eigenvalue weighted by atomic mass is 9.98. The van der Waals surface area contributed by atoms with Gasteiger partial charge in [0, 0.05) is 17.6 Å². The maximum absolute atomic E-state index is 5.80. The zero-order valence-electron chi connectivity index (χ0n) is 12.0. The summed E-state index contributed by atoms with van der Waals surface area (Å²) in [5, 5.41) is 3.28. The first kappa shape index (κ1) is 17.8. The Morgan fingerprint density at radius 3 is 3.05 bits per heavy atom. The number of benzene rings is 1. The third kappa shape index (κ3) is 6.00. The number of hydrogen-bond acceptors (Lipinski definition) is 3. The van der Waals surface area contributed by atoms with Gasteiger partial charge in [0.2, 0.25) is 0 Å². The van der Waals surface area contributed by atoms with Crippen LogP contribution in [0.4, 0.5) is 0 Å². The molecule has 5 heteroatoms. The van der Waals surface area contributed by atoms with Gasteiger partial charge in [-0.1, -0.05) is 22.0 Å². The molecule has 0 spiro atoms. The summed E-state index contributed by atoms with van der Waals surface area (Å²) in [4.78, 5) is 2.52. The number of nitrogens with zero attached hydrogens (tertiary/aromatic N) is 1. The van der Waals surface area contributed by atoms with E-state index in [-0.39, 0.29) is 12.4 Å². The van der Waals surface area contributed by atoms with Crippen LogP contribution in [0, 0.1) is 5.92 Å². The van der Waals surface area contributed by atoms with Crippen molar-refractivity contribution < 1.29 is 4.74 Å². The lowest BCUT2D eigenvalue weighted by molar-refractivity contribution is 0.146. The molecule has 0 saturated carbocycles. The molecule has 1 saturated heterocycles. The highest BCUT2D eigenvalue weighted by molar-refractivity contribution is 9.10. The molecule has 2 rings (SSSR count). The molecule has 1 unspecified atom stereocenters. The zero-order valence-corrected chi connectivity index (χ0v) is 14.4. The summed E-state index contributed by atoms with van der Waals surface area (Å²) in [6, 6.07) is 8.04. The maximum Gasteiger partial charge on any atom is 0.120 e. The SMILES string of the molecule is CNCC1CCCN(CCOc2cccc(Br)c2)C1.Cl. The molecule has 1 atom stereocenters. The normalized spacial score (nSPS) is 19.4. The van der Waals surface area contributed by atoms with Gasteiger partial charge >= 0.3 is 0 Å². The van der Waals surface area contributed by atoms with Crippen LogP contribution in [-0.4, -0.2) is 44.7 Å². The van der Waals surface area contributed by atoms with E-state index in [4.69, 9.17) is 4.74 Å². The number of rotatable bonds is 6. The van der Waals surface area contributed by atoms with E-state index in [9.17, 15) is 0 Å². The summed E-state index contributed by atoms with van der Waals surface area (Å²) >= 11 is 3.46. The molecule has 1 aromatic carbocycles. The van der Waals surface area contributed by atoms with Gasteiger partial charge in [-0.3, -0.25) is 4.90 Å². The van der Waals surface area contributed by atoms with Gasteiger partial charge < -0.3 is 10.1 Å². The second-order valence-electron chi connectivity index (χ2n) is 5.17. The summed E-state index contributed by atoms with van der Waals surface area (Å²) in [5.41, 5.74) is 0. The molecular formula is C15H24BrClN2O. The number of nitrogens with one attached hydrogen (secondary N) is 1. The molecule has 0 aliphatic carbocycles. The Hall–Kier alpha value is -0.290. The summed E-state index contributed by atoms with van der Waals surface area (Å²) in [5.74, 6) is 1.74. The lowest BCUT2D eigenvalue weighted by Gasteiger charge is -2.32. The van der Waals surface area contributed by atoms with Crippen LogP contribution in [0.2, 0.25) is 0 Å². The van der Waals surface area contributed by atoms with Crippen molar-refractivity contribution in [3.63, 3.8) is 0 Å². The van der Waals surface area contributed by atoms with Gasteiger partial charge in [-0.25, -0.2) is 0 Å². The van der Waals surface area contributed by atoms with Gasteiger partial charge in [0.05, 0.1) is 0 Å². The fourth-order valence-corrected chi connectivity index (χ4v) is 3.04. The quantitative estimate of drug-likeness (QED) is 0.840. The van der Waals surface area contributed by atoms with Crippen LogP contribution in [0.3, 0.4) is 0 Å². The lowest BCUT2D eigenvalue weighted by Crippen LogP contribution is -2.40. The minimum Gasteiger partial charge on any atom is -0.492 e. The molecule has 1 heterocycles. The van der Waals surface area contributed by atoms with E-state index >= 15 is 0 Å². The standard InChI is InChI=1S/C15H23BrN2O.ClH/c1-17-11-13-4-3-7-18(12-13)8-9-19-15-6-2-5-14(16)10-15;/h2,5-6,10,13,17H,3-4,7-9,11-12H2,1H3;1H. The van der Waals surface area contributed by atoms with Crippen molar-refractivity contribution in [3.05, 3.63) is 28.7 Å². The molecule has 114 valence electrons. The van der Waals surface area contributed by atoms with Gasteiger partial charge in [0.25, 0.3) is 0 Å². The first-order chi connectivity index (χ1) is 9.28. The first-order valence-electron chi connectivity index (χ1n) is 7.03. The zero-order chi connectivity index (χ0) is 13.5. The molecule has 1 aliphatic heterocycles. The highest BCUT2D eigenvalue weighted by atomic mass is 79.9. The average molecular weight is 364 g/mol. The highest BCUT2D eigenvalue weighted by Gasteiger charge is 2.18. The average Bonchev–Trinajstić information content (AvgIpc) is 2.40. The summed E-state index contributed by atoms with van der Waals surface area (Å²) in [6.07, 6.45) is 2.66. The molecule has 3 nitrogen and oxygen atoms in total. The van der Waals surface area contributed by atoms with Crippen molar-refractivity contribution in [1.29, 1.82) is 0 Å². The number of ether oxygens (including phenoxy) is 1. The predicted octanol–water partition coefficient (Wildman–Crippen LogP) is 3.18. The Labute approximate surface area is 136 Å². The molecule has 0 aromatic heterocycles. The second kappa shape index (κ2) is 9.61. The van der Waals surface area contributed by atoms with E-state index in [1.807, 2.05) is 31.3 Å². The molecule has 0 amide bonds. The number of likely N-dealkylation sites (tertiary alicyclic amines) is 1. The third-order valence-corrected chi connectivity index (χ3v) is 4.06. The van der Waals surface area contributed by atoms with Gasteiger partial charge in [0.1, 0.15) is 12.4 Å². The summed E-state index contributed by atoms with van der Waals surface area (Å²) in [7, 11) is 2.04. The van der Waals surface area contributed by atoms with Crippen molar-refractivity contribution in [2.45, 2.75) is 12.8 Å². The second-order valence-corrected chi connectivity index (χ2v) is 6.09. The van der Waals surface area contributed by atoms with Crippen molar-refractivity contribution >= 4 is 28.3 Å². The van der Waals surface area contributed by atoms with E-state index in [1.165, 1.54) is 25.9 Å². The Morgan fingerprint density at radius 1 is 1.45 bits per heavy atom. The monoisotopic (exact) mass is 362 g/mol. The molecular weight excluding hydrogens is 340 g/mol.